The minimum Gasteiger partial charge on any atom is -0.459 e. The van der Waals surface area contributed by atoms with Gasteiger partial charge in [0.25, 0.3) is 5.91 Å². The molecule has 0 radical (unpaired) electrons. The smallest absolute Gasteiger partial charge is 0.293 e. The number of nitrogens with one attached hydrogen (secondary N) is 2. The molecule has 3 rings (SSSR count). The number of nitrogens with zero attached hydrogens (tertiary/aromatic N) is 2. The predicted octanol–water partition coefficient (Wildman–Crippen LogP) is 2.21. The molecule has 0 saturated heterocycles. The Hall–Kier alpha value is -1.89. The maximum absolute atomic E-state index is 11.7. The van der Waals surface area contributed by atoms with Crippen molar-refractivity contribution in [3.8, 4) is 0 Å². The zero-order chi connectivity index (χ0) is 12.4. The van der Waals surface area contributed by atoms with Gasteiger partial charge in [0.2, 0.25) is 10.3 Å². The maximum atomic E-state index is 11.7. The van der Waals surface area contributed by atoms with Crippen molar-refractivity contribution in [3.05, 3.63) is 24.2 Å². The molecular weight excluding hydrogens is 252 g/mol. The standard InChI is InChI=1S/C11H12N4O2S/c16-9(8-2-1-5-17-8)13-11-15-14-10(18-11)12-6-7-3-4-7/h1-2,5,7H,3-4,6H2,(H,12,14)(H,13,15,16). The minimum atomic E-state index is -0.315. The van der Waals surface area contributed by atoms with Gasteiger partial charge in [0.05, 0.1) is 6.26 Å². The van der Waals surface area contributed by atoms with Crippen molar-refractivity contribution in [2.45, 2.75) is 12.8 Å². The molecule has 0 unspecified atom stereocenters. The molecule has 0 aromatic carbocycles. The van der Waals surface area contributed by atoms with E-state index in [2.05, 4.69) is 20.8 Å². The van der Waals surface area contributed by atoms with E-state index in [1.807, 2.05) is 0 Å². The Morgan fingerprint density at radius 1 is 1.44 bits per heavy atom. The Bertz CT molecular complexity index is 533. The molecule has 2 N–H and O–H groups in total. The topological polar surface area (TPSA) is 80.0 Å². The first-order valence-corrected chi connectivity index (χ1v) is 6.55. The average Bonchev–Trinajstić information content (AvgIpc) is 2.88. The second-order valence-electron chi connectivity index (χ2n) is 4.17. The first kappa shape index (κ1) is 11.2. The molecule has 1 aliphatic rings. The van der Waals surface area contributed by atoms with E-state index >= 15 is 0 Å². The summed E-state index contributed by atoms with van der Waals surface area (Å²) in [7, 11) is 0. The van der Waals surface area contributed by atoms with E-state index in [0.29, 0.717) is 5.13 Å². The Labute approximate surface area is 107 Å². The van der Waals surface area contributed by atoms with Crippen molar-refractivity contribution < 1.29 is 9.21 Å². The van der Waals surface area contributed by atoms with Crippen LogP contribution in [0.4, 0.5) is 10.3 Å². The molecule has 0 bridgehead atoms. The van der Waals surface area contributed by atoms with Crippen LogP contribution >= 0.6 is 11.3 Å². The third-order valence-corrected chi connectivity index (χ3v) is 3.43. The monoisotopic (exact) mass is 264 g/mol. The lowest BCUT2D eigenvalue weighted by Gasteiger charge is -1.97. The summed E-state index contributed by atoms with van der Waals surface area (Å²) in [6.07, 6.45) is 4.03. The lowest BCUT2D eigenvalue weighted by atomic mass is 10.4. The number of anilines is 2. The normalized spacial score (nSPS) is 14.4. The second-order valence-corrected chi connectivity index (χ2v) is 5.15. The van der Waals surface area contributed by atoms with Crippen LogP contribution in [0.5, 0.6) is 0 Å². The number of aromatic nitrogens is 2. The highest BCUT2D eigenvalue weighted by atomic mass is 32.1. The molecule has 2 heterocycles. The highest BCUT2D eigenvalue weighted by Crippen LogP contribution is 2.29. The molecule has 7 heteroatoms. The van der Waals surface area contributed by atoms with Gasteiger partial charge in [-0.15, -0.1) is 10.2 Å². The SMILES string of the molecule is O=C(Nc1nnc(NCC2CC2)s1)c1ccco1. The maximum Gasteiger partial charge on any atom is 0.293 e. The highest BCUT2D eigenvalue weighted by molar-refractivity contribution is 7.19. The summed E-state index contributed by atoms with van der Waals surface area (Å²) in [6.45, 7) is 0.931. The summed E-state index contributed by atoms with van der Waals surface area (Å²) in [5, 5.41) is 14.9. The molecule has 2 aromatic heterocycles. The number of carbonyl (C=O) groups is 1. The second kappa shape index (κ2) is 4.77. The molecule has 1 amide bonds. The largest absolute Gasteiger partial charge is 0.459 e. The van der Waals surface area contributed by atoms with E-state index < -0.39 is 0 Å². The summed E-state index contributed by atoms with van der Waals surface area (Å²) in [6, 6.07) is 3.26. The number of hydrogen-bond donors (Lipinski definition) is 2. The van der Waals surface area contributed by atoms with E-state index in [9.17, 15) is 4.79 Å². The van der Waals surface area contributed by atoms with E-state index in [1.54, 1.807) is 12.1 Å². The van der Waals surface area contributed by atoms with Gasteiger partial charge in [0, 0.05) is 6.54 Å². The van der Waals surface area contributed by atoms with Crippen LogP contribution in [0.25, 0.3) is 0 Å². The van der Waals surface area contributed by atoms with Crippen molar-refractivity contribution in [2.24, 2.45) is 5.92 Å². The molecule has 94 valence electrons. The lowest BCUT2D eigenvalue weighted by molar-refractivity contribution is 0.0996. The van der Waals surface area contributed by atoms with E-state index in [-0.39, 0.29) is 11.7 Å². The molecule has 1 aliphatic carbocycles. The third-order valence-electron chi connectivity index (χ3n) is 2.63. The number of furan rings is 1. The van der Waals surface area contributed by atoms with Gasteiger partial charge in [-0.05, 0) is 30.9 Å². The first-order valence-electron chi connectivity index (χ1n) is 5.73. The van der Waals surface area contributed by atoms with Crippen LogP contribution in [-0.2, 0) is 0 Å². The van der Waals surface area contributed by atoms with Gasteiger partial charge < -0.3 is 9.73 Å². The summed E-state index contributed by atoms with van der Waals surface area (Å²) in [4.78, 5) is 11.7. The van der Waals surface area contributed by atoms with Gasteiger partial charge in [0.15, 0.2) is 5.76 Å². The molecule has 0 spiro atoms. The minimum absolute atomic E-state index is 0.262. The number of amides is 1. The van der Waals surface area contributed by atoms with Crippen molar-refractivity contribution in [1.82, 2.24) is 10.2 Å². The van der Waals surface area contributed by atoms with Crippen LogP contribution in [0.15, 0.2) is 22.8 Å². The molecule has 0 aliphatic heterocycles. The van der Waals surface area contributed by atoms with E-state index in [1.165, 1.54) is 30.4 Å². The predicted molar refractivity (Wildman–Crippen MR) is 67.8 cm³/mol. The van der Waals surface area contributed by atoms with Crippen LogP contribution < -0.4 is 10.6 Å². The Balaban J connectivity index is 1.57. The van der Waals surface area contributed by atoms with Crippen molar-refractivity contribution in [2.75, 3.05) is 17.2 Å². The van der Waals surface area contributed by atoms with Gasteiger partial charge in [-0.2, -0.15) is 0 Å². The zero-order valence-electron chi connectivity index (χ0n) is 9.55. The molecule has 1 saturated carbocycles. The van der Waals surface area contributed by atoms with Gasteiger partial charge >= 0.3 is 0 Å². The Morgan fingerprint density at radius 2 is 2.28 bits per heavy atom. The van der Waals surface area contributed by atoms with Crippen molar-refractivity contribution in [1.29, 1.82) is 0 Å². The van der Waals surface area contributed by atoms with Gasteiger partial charge in [-0.3, -0.25) is 10.1 Å². The van der Waals surface area contributed by atoms with Crippen molar-refractivity contribution >= 4 is 27.5 Å². The highest BCUT2D eigenvalue weighted by Gasteiger charge is 2.21. The summed E-state index contributed by atoms with van der Waals surface area (Å²) in [5.74, 6) is 0.720. The van der Waals surface area contributed by atoms with Gasteiger partial charge in [-0.25, -0.2) is 0 Å². The van der Waals surface area contributed by atoms with Crippen LogP contribution in [0, 0.1) is 5.92 Å². The third kappa shape index (κ3) is 2.67. The van der Waals surface area contributed by atoms with E-state index in [0.717, 1.165) is 17.6 Å². The number of hydrogen-bond acceptors (Lipinski definition) is 6. The summed E-state index contributed by atoms with van der Waals surface area (Å²) >= 11 is 1.32. The van der Waals surface area contributed by atoms with Crippen LogP contribution in [-0.4, -0.2) is 22.6 Å². The van der Waals surface area contributed by atoms with Crippen molar-refractivity contribution in [3.63, 3.8) is 0 Å². The Kier molecular flexibility index (Phi) is 2.97. The molecular formula is C11H12N4O2S. The number of rotatable bonds is 5. The van der Waals surface area contributed by atoms with Crippen LogP contribution in [0.1, 0.15) is 23.4 Å². The number of carbonyl (C=O) groups excluding carboxylic acids is 1. The first-order chi connectivity index (χ1) is 8.81. The van der Waals surface area contributed by atoms with E-state index in [4.69, 9.17) is 4.42 Å². The fraction of sp³-hybridized carbons (Fsp3) is 0.364. The fourth-order valence-electron chi connectivity index (χ4n) is 1.47. The molecule has 0 atom stereocenters. The molecule has 18 heavy (non-hydrogen) atoms. The molecule has 2 aromatic rings. The van der Waals surface area contributed by atoms with Gasteiger partial charge in [-0.1, -0.05) is 11.3 Å². The summed E-state index contributed by atoms with van der Waals surface area (Å²) < 4.78 is 4.99. The lowest BCUT2D eigenvalue weighted by Crippen LogP contribution is -2.10. The summed E-state index contributed by atoms with van der Waals surface area (Å²) in [5.41, 5.74) is 0. The Morgan fingerprint density at radius 3 is 3.00 bits per heavy atom. The van der Waals surface area contributed by atoms with Gasteiger partial charge in [0.1, 0.15) is 0 Å². The zero-order valence-corrected chi connectivity index (χ0v) is 10.4. The molecule has 1 fully saturated rings. The fourth-order valence-corrected chi connectivity index (χ4v) is 2.11. The average molecular weight is 264 g/mol. The van der Waals surface area contributed by atoms with Crippen LogP contribution in [0.2, 0.25) is 0 Å². The quantitative estimate of drug-likeness (QED) is 0.865. The van der Waals surface area contributed by atoms with Crippen LogP contribution in [0.3, 0.4) is 0 Å². The molecule has 6 nitrogen and oxygen atoms in total.